The van der Waals surface area contributed by atoms with Gasteiger partial charge in [-0.25, -0.2) is 10.4 Å². The molecule has 8 heteroatoms. The summed E-state index contributed by atoms with van der Waals surface area (Å²) in [6.45, 7) is 4.00. The zero-order valence-corrected chi connectivity index (χ0v) is 14.8. The van der Waals surface area contributed by atoms with Crippen molar-refractivity contribution in [1.29, 1.82) is 0 Å². The third-order valence-electron chi connectivity index (χ3n) is 3.85. The lowest BCUT2D eigenvalue weighted by Crippen LogP contribution is -2.45. The Hall–Kier alpha value is -2.32. The van der Waals surface area contributed by atoms with Gasteiger partial charge in [0.15, 0.2) is 0 Å². The van der Waals surface area contributed by atoms with Gasteiger partial charge < -0.3 is 9.84 Å². The van der Waals surface area contributed by atoms with Gasteiger partial charge in [-0.05, 0) is 29.8 Å². The molecule has 0 saturated carbocycles. The minimum absolute atomic E-state index is 0.230. The van der Waals surface area contributed by atoms with E-state index in [1.165, 1.54) is 18.2 Å². The van der Waals surface area contributed by atoms with Crippen LogP contribution in [0.2, 0.25) is 0 Å². The number of nitrogens with one attached hydrogen (secondary N) is 1. The number of hydrogen-bond donors (Lipinski definition) is 2. The summed E-state index contributed by atoms with van der Waals surface area (Å²) in [7, 11) is 1.37. The summed E-state index contributed by atoms with van der Waals surface area (Å²) in [5.41, 5.74) is 3.83. The van der Waals surface area contributed by atoms with Crippen LogP contribution in [0.1, 0.15) is 19.4 Å². The summed E-state index contributed by atoms with van der Waals surface area (Å²) in [4.78, 5) is 3.90. The fraction of sp³-hybridized carbons (Fsp3) is 0.389. The van der Waals surface area contributed by atoms with Crippen molar-refractivity contribution in [1.82, 2.24) is 15.4 Å². The predicted octanol–water partition coefficient (Wildman–Crippen LogP) is 3.07. The highest BCUT2D eigenvalue weighted by molar-refractivity contribution is 5.45. The van der Waals surface area contributed by atoms with Crippen LogP contribution in [0.15, 0.2) is 59.9 Å². The third kappa shape index (κ3) is 4.25. The molecular weight excluding hydrogens is 347 g/mol. The maximum absolute atomic E-state index is 13.0. The van der Waals surface area contributed by atoms with Crippen LogP contribution in [-0.2, 0) is 11.2 Å². The molecule has 1 aromatic heterocycles. The first-order chi connectivity index (χ1) is 12.4. The molecule has 5 nitrogen and oxygen atoms in total. The van der Waals surface area contributed by atoms with Crippen molar-refractivity contribution in [3.05, 3.63) is 65.5 Å². The topological polar surface area (TPSA) is 57.6 Å². The Balaban J connectivity index is 0.00000117. The SMILES string of the molecule is CC.COC1=CC=C(C(O)Cc2ccncc2)C2=CC(C(F)(F)F)NN12. The minimum atomic E-state index is -4.44. The summed E-state index contributed by atoms with van der Waals surface area (Å²) in [5, 5.41) is 11.7. The standard InChI is InChI=1S/C16H16F3N3O2.C2H6/c1-24-15-3-2-11(13(23)8-10-4-6-20-7-5-10)12-9-14(16(17,18)19)21-22(12)15;1-2/h2-7,9,13-14,21,23H,8H2,1H3;1-2H3. The number of nitrogens with zero attached hydrogens (tertiary/aromatic N) is 2. The van der Waals surface area contributed by atoms with Crippen molar-refractivity contribution in [2.75, 3.05) is 7.11 Å². The number of pyridine rings is 1. The molecule has 2 unspecified atom stereocenters. The van der Waals surface area contributed by atoms with Crippen molar-refractivity contribution in [2.24, 2.45) is 0 Å². The number of allylic oxidation sites excluding steroid dienone is 2. The molecule has 26 heavy (non-hydrogen) atoms. The average Bonchev–Trinajstić information content (AvgIpc) is 3.09. The van der Waals surface area contributed by atoms with Gasteiger partial charge in [0.05, 0.1) is 18.9 Å². The number of methoxy groups -OCH3 is 1. The van der Waals surface area contributed by atoms with Gasteiger partial charge in [0.2, 0.25) is 5.88 Å². The fourth-order valence-corrected chi connectivity index (χ4v) is 2.67. The quantitative estimate of drug-likeness (QED) is 0.854. The van der Waals surface area contributed by atoms with Crippen LogP contribution in [0.5, 0.6) is 0 Å². The number of hydrogen-bond acceptors (Lipinski definition) is 5. The fourth-order valence-electron chi connectivity index (χ4n) is 2.67. The second-order valence-corrected chi connectivity index (χ2v) is 5.44. The molecule has 2 aliphatic rings. The zero-order chi connectivity index (χ0) is 19.3. The second kappa shape index (κ2) is 8.37. The lowest BCUT2D eigenvalue weighted by atomic mass is 9.97. The molecule has 0 aliphatic carbocycles. The van der Waals surface area contributed by atoms with Crippen molar-refractivity contribution < 1.29 is 23.0 Å². The van der Waals surface area contributed by atoms with Crippen molar-refractivity contribution in [3.8, 4) is 0 Å². The number of rotatable bonds is 4. The van der Waals surface area contributed by atoms with Gasteiger partial charge in [0.25, 0.3) is 0 Å². The number of aliphatic hydroxyl groups excluding tert-OH is 1. The average molecular weight is 369 g/mol. The Kier molecular flexibility index (Phi) is 6.44. The normalized spacial score (nSPS) is 20.2. The molecule has 2 aliphatic heterocycles. The molecule has 0 saturated heterocycles. The van der Waals surface area contributed by atoms with Crippen LogP contribution in [0.3, 0.4) is 0 Å². The van der Waals surface area contributed by atoms with Gasteiger partial charge >= 0.3 is 6.18 Å². The minimum Gasteiger partial charge on any atom is -0.481 e. The van der Waals surface area contributed by atoms with Crippen LogP contribution >= 0.6 is 0 Å². The number of ether oxygens (including phenoxy) is 1. The van der Waals surface area contributed by atoms with Gasteiger partial charge in [-0.2, -0.15) is 13.2 Å². The lowest BCUT2D eigenvalue weighted by molar-refractivity contribution is -0.149. The Bertz CT molecular complexity index is 699. The summed E-state index contributed by atoms with van der Waals surface area (Å²) in [5.74, 6) is 0.230. The Morgan fingerprint density at radius 2 is 1.92 bits per heavy atom. The van der Waals surface area contributed by atoms with Gasteiger partial charge in [-0.1, -0.05) is 13.8 Å². The van der Waals surface area contributed by atoms with E-state index in [1.54, 1.807) is 30.6 Å². The largest absolute Gasteiger partial charge is 0.481 e. The molecule has 1 aromatic rings. The van der Waals surface area contributed by atoms with Crippen molar-refractivity contribution >= 4 is 0 Å². The summed E-state index contributed by atoms with van der Waals surface area (Å²) in [6.07, 6.45) is 2.22. The molecule has 0 aromatic carbocycles. The van der Waals surface area contributed by atoms with E-state index in [2.05, 4.69) is 10.4 Å². The smallest absolute Gasteiger partial charge is 0.409 e. The van der Waals surface area contributed by atoms with E-state index in [0.717, 1.165) is 11.6 Å². The highest BCUT2D eigenvalue weighted by Gasteiger charge is 2.45. The van der Waals surface area contributed by atoms with Crippen LogP contribution in [-0.4, -0.2) is 40.5 Å². The molecule has 142 valence electrons. The predicted molar refractivity (Wildman–Crippen MR) is 91.4 cm³/mol. The number of alkyl halides is 3. The van der Waals surface area contributed by atoms with E-state index in [0.29, 0.717) is 5.57 Å². The van der Waals surface area contributed by atoms with Crippen LogP contribution in [0.25, 0.3) is 0 Å². The highest BCUT2D eigenvalue weighted by Crippen LogP contribution is 2.35. The summed E-state index contributed by atoms with van der Waals surface area (Å²) >= 11 is 0. The highest BCUT2D eigenvalue weighted by atomic mass is 19.4. The monoisotopic (exact) mass is 369 g/mol. The Morgan fingerprint density at radius 3 is 2.50 bits per heavy atom. The van der Waals surface area contributed by atoms with Gasteiger partial charge in [-0.3, -0.25) is 4.98 Å². The number of aliphatic hydroxyl groups is 1. The van der Waals surface area contributed by atoms with E-state index in [-0.39, 0.29) is 18.0 Å². The molecule has 0 radical (unpaired) electrons. The molecule has 2 atom stereocenters. The molecule has 0 amide bonds. The molecular formula is C18H22F3N3O2. The molecule has 3 rings (SSSR count). The zero-order valence-electron chi connectivity index (χ0n) is 14.8. The van der Waals surface area contributed by atoms with Gasteiger partial charge in [0, 0.05) is 30.5 Å². The molecule has 2 N–H and O–H groups in total. The summed E-state index contributed by atoms with van der Waals surface area (Å²) < 4.78 is 44.2. The molecule has 0 fully saturated rings. The Morgan fingerprint density at radius 1 is 1.27 bits per heavy atom. The van der Waals surface area contributed by atoms with Crippen LogP contribution < -0.4 is 5.43 Å². The maximum atomic E-state index is 13.0. The molecule has 0 spiro atoms. The maximum Gasteiger partial charge on any atom is 0.409 e. The van der Waals surface area contributed by atoms with Crippen molar-refractivity contribution in [3.63, 3.8) is 0 Å². The first-order valence-electron chi connectivity index (χ1n) is 8.28. The van der Waals surface area contributed by atoms with Crippen molar-refractivity contribution in [2.45, 2.75) is 38.6 Å². The first-order valence-corrected chi connectivity index (χ1v) is 8.28. The summed E-state index contributed by atoms with van der Waals surface area (Å²) in [6, 6.07) is 1.67. The van der Waals surface area contributed by atoms with E-state index < -0.39 is 18.3 Å². The number of hydrazine groups is 1. The molecule has 0 bridgehead atoms. The van der Waals surface area contributed by atoms with E-state index in [4.69, 9.17) is 4.74 Å². The third-order valence-corrected chi connectivity index (χ3v) is 3.85. The van der Waals surface area contributed by atoms with E-state index >= 15 is 0 Å². The van der Waals surface area contributed by atoms with E-state index in [1.807, 2.05) is 13.8 Å². The lowest BCUT2D eigenvalue weighted by Gasteiger charge is -2.30. The Labute approximate surface area is 150 Å². The number of halogens is 3. The van der Waals surface area contributed by atoms with Crippen LogP contribution in [0.4, 0.5) is 13.2 Å². The first kappa shape index (κ1) is 20.0. The van der Waals surface area contributed by atoms with Crippen LogP contribution in [0, 0.1) is 0 Å². The number of aromatic nitrogens is 1. The van der Waals surface area contributed by atoms with E-state index in [9.17, 15) is 18.3 Å². The van der Waals surface area contributed by atoms with Gasteiger partial charge in [0.1, 0.15) is 6.04 Å². The van der Waals surface area contributed by atoms with Gasteiger partial charge in [-0.15, -0.1) is 0 Å². The second-order valence-electron chi connectivity index (χ2n) is 5.44. The molecule has 3 heterocycles. The number of fused-ring (bicyclic) bond motifs is 1.